The number of methoxy groups -OCH3 is 2. The second-order valence-corrected chi connectivity index (χ2v) is 17.3. The molecule has 5 aromatic carbocycles. The fraction of sp³-hybridized carbons (Fsp3) is 0.217. The van der Waals surface area contributed by atoms with Crippen LogP contribution in [0.25, 0.3) is 44.7 Å². The fourth-order valence-electron chi connectivity index (χ4n) is 5.93. The second kappa shape index (κ2) is 19.9. The summed E-state index contributed by atoms with van der Waals surface area (Å²) in [5.41, 5.74) is 7.48. The van der Waals surface area contributed by atoms with Crippen LogP contribution in [0.3, 0.4) is 0 Å². The van der Waals surface area contributed by atoms with Crippen LogP contribution < -0.4 is 14.2 Å². The summed E-state index contributed by atoms with van der Waals surface area (Å²) in [7, 11) is -0.819. The number of aromatic hydroxyl groups is 1. The van der Waals surface area contributed by atoms with Crippen LogP contribution in [0, 0.1) is 20.8 Å². The van der Waals surface area contributed by atoms with Gasteiger partial charge in [0.05, 0.1) is 46.2 Å². The zero-order chi connectivity index (χ0) is 41.9. The normalized spacial score (nSPS) is 14.2. The molecular formula is C46H46N2O8S3. The van der Waals surface area contributed by atoms with E-state index >= 15 is 0 Å². The molecule has 13 heteroatoms. The monoisotopic (exact) mass is 850 g/mol. The summed E-state index contributed by atoms with van der Waals surface area (Å²) in [6, 6.07) is 29.8. The number of fused-ring (bicyclic) bond motifs is 2. The van der Waals surface area contributed by atoms with Crippen LogP contribution in [-0.4, -0.2) is 55.2 Å². The Morgan fingerprint density at radius 1 is 0.661 bits per heavy atom. The first-order valence-corrected chi connectivity index (χ1v) is 21.9. The van der Waals surface area contributed by atoms with Crippen LogP contribution in [0.4, 0.5) is 0 Å². The van der Waals surface area contributed by atoms with Crippen molar-refractivity contribution in [1.29, 1.82) is 0 Å². The minimum Gasteiger partial charge on any atom is -0.504 e. The number of ether oxygens (including phenoxy) is 4. The summed E-state index contributed by atoms with van der Waals surface area (Å²) in [6.07, 6.45) is 11.0. The van der Waals surface area contributed by atoms with Gasteiger partial charge >= 0.3 is 0 Å². The second-order valence-electron chi connectivity index (χ2n) is 13.8. The zero-order valence-electron chi connectivity index (χ0n) is 33.4. The molecule has 7 aromatic rings. The van der Waals surface area contributed by atoms with E-state index in [4.69, 9.17) is 23.5 Å². The van der Waals surface area contributed by atoms with Gasteiger partial charge in [-0.1, -0.05) is 54.1 Å². The number of hydrogen-bond acceptors (Lipinski definition) is 11. The Balaban J connectivity index is 0.000000162. The van der Waals surface area contributed by atoms with Crippen molar-refractivity contribution in [2.45, 2.75) is 51.2 Å². The Bertz CT molecular complexity index is 2680. The first-order valence-electron chi connectivity index (χ1n) is 18.8. The van der Waals surface area contributed by atoms with E-state index in [1.165, 1.54) is 32.7 Å². The Morgan fingerprint density at radius 3 is 1.73 bits per heavy atom. The van der Waals surface area contributed by atoms with E-state index in [1.54, 1.807) is 61.2 Å². The van der Waals surface area contributed by atoms with E-state index in [1.807, 2.05) is 55.5 Å². The van der Waals surface area contributed by atoms with Gasteiger partial charge in [0.2, 0.25) is 0 Å². The van der Waals surface area contributed by atoms with Gasteiger partial charge in [-0.25, -0.2) is 9.97 Å². The number of aromatic nitrogens is 2. The SMILES string of the molecule is COc1cc(/C=C/c2nc3cc(C)ccc3s2)ccc1O.COc1cc(/C=C/c2nc3cc(C)ccc3s2)ccc1OC1CCCCO1.Cc1ccc(S(=O)(=O)O)cc1. The number of phenols is 1. The van der Waals surface area contributed by atoms with Crippen LogP contribution in [0.1, 0.15) is 57.1 Å². The van der Waals surface area contributed by atoms with Gasteiger partial charge < -0.3 is 24.1 Å². The zero-order valence-corrected chi connectivity index (χ0v) is 35.9. The van der Waals surface area contributed by atoms with Crippen LogP contribution in [0.2, 0.25) is 0 Å². The molecule has 0 saturated carbocycles. The Morgan fingerprint density at radius 2 is 1.20 bits per heavy atom. The summed E-state index contributed by atoms with van der Waals surface area (Å²) in [4.78, 5) is 9.22. The van der Waals surface area contributed by atoms with Gasteiger partial charge in [-0.05, 0) is 129 Å². The van der Waals surface area contributed by atoms with Crippen LogP contribution in [0.15, 0.2) is 102 Å². The maximum absolute atomic E-state index is 10.5. The highest BCUT2D eigenvalue weighted by Crippen LogP contribution is 2.32. The lowest BCUT2D eigenvalue weighted by molar-refractivity contribution is -0.106. The quantitative estimate of drug-likeness (QED) is 0.135. The maximum atomic E-state index is 10.5. The molecule has 1 saturated heterocycles. The van der Waals surface area contributed by atoms with Crippen LogP contribution >= 0.6 is 22.7 Å². The standard InChI is InChI=1S/C22H23NO3S.C17H15NO2S.C7H8O3S/c1-15-6-10-20-17(13-15)23-21(27-20)11-8-16-7-9-18(19(14-16)24-2)26-22-5-3-4-12-25-22;1-11-3-7-16-13(9-11)18-17(21-16)8-5-12-4-6-14(19)15(10-12)20-2;1-6-2-4-7(5-3-6)11(8,9)10/h6-11,13-14,22H,3-5,12H2,1-2H3;3-10,19H,1-2H3;2-5H,1H3,(H,8,9,10)/b11-8+;8-5+;. The lowest BCUT2D eigenvalue weighted by Gasteiger charge is -2.24. The van der Waals surface area contributed by atoms with Crippen molar-refractivity contribution >= 4 is 77.5 Å². The summed E-state index contributed by atoms with van der Waals surface area (Å²) in [6.45, 7) is 6.75. The van der Waals surface area contributed by atoms with Crippen molar-refractivity contribution in [2.75, 3.05) is 20.8 Å². The molecule has 0 amide bonds. The third kappa shape index (κ3) is 12.2. The molecule has 2 aromatic heterocycles. The molecule has 3 heterocycles. The molecule has 0 spiro atoms. The van der Waals surface area contributed by atoms with Crippen molar-refractivity contribution < 1.29 is 37.0 Å². The molecule has 306 valence electrons. The Labute approximate surface area is 352 Å². The number of phenolic OH excluding ortho intramolecular Hbond substituents is 1. The third-order valence-electron chi connectivity index (χ3n) is 9.06. The van der Waals surface area contributed by atoms with Crippen LogP contribution in [-0.2, 0) is 14.9 Å². The molecule has 59 heavy (non-hydrogen) atoms. The minimum atomic E-state index is -4.02. The average Bonchev–Trinajstić information content (AvgIpc) is 3.83. The number of nitrogens with zero attached hydrogens (tertiary/aromatic N) is 2. The van der Waals surface area contributed by atoms with Crippen molar-refractivity contribution in [3.8, 4) is 23.0 Å². The topological polar surface area (TPSA) is 137 Å². The van der Waals surface area contributed by atoms with Crippen molar-refractivity contribution in [3.05, 3.63) is 135 Å². The number of thiazole rings is 2. The number of aryl methyl sites for hydroxylation is 3. The highest BCUT2D eigenvalue weighted by molar-refractivity contribution is 7.85. The molecule has 1 unspecified atom stereocenters. The number of hydrogen-bond donors (Lipinski definition) is 2. The van der Waals surface area contributed by atoms with Gasteiger partial charge in [0.25, 0.3) is 10.1 Å². The molecule has 0 radical (unpaired) electrons. The maximum Gasteiger partial charge on any atom is 0.294 e. The smallest absolute Gasteiger partial charge is 0.294 e. The highest BCUT2D eigenvalue weighted by atomic mass is 32.2. The highest BCUT2D eigenvalue weighted by Gasteiger charge is 2.17. The molecule has 8 rings (SSSR count). The molecule has 1 aliphatic rings. The van der Waals surface area contributed by atoms with Gasteiger partial charge in [-0.2, -0.15) is 8.42 Å². The third-order valence-corrected chi connectivity index (χ3v) is 11.9. The van der Waals surface area contributed by atoms with Crippen molar-refractivity contribution in [1.82, 2.24) is 9.97 Å². The van der Waals surface area contributed by atoms with Gasteiger partial charge in [0.15, 0.2) is 29.3 Å². The molecule has 2 N–H and O–H groups in total. The van der Waals surface area contributed by atoms with Gasteiger partial charge in [0.1, 0.15) is 10.0 Å². The molecule has 0 bridgehead atoms. The predicted octanol–water partition coefficient (Wildman–Crippen LogP) is 11.4. The number of benzene rings is 5. The first-order chi connectivity index (χ1) is 28.4. The summed E-state index contributed by atoms with van der Waals surface area (Å²) < 4.78 is 54.2. The lowest BCUT2D eigenvalue weighted by atomic mass is 10.2. The summed E-state index contributed by atoms with van der Waals surface area (Å²) >= 11 is 3.35. The predicted molar refractivity (Wildman–Crippen MR) is 239 cm³/mol. The van der Waals surface area contributed by atoms with Crippen molar-refractivity contribution in [3.63, 3.8) is 0 Å². The molecule has 0 aliphatic carbocycles. The lowest BCUT2D eigenvalue weighted by Crippen LogP contribution is -2.25. The van der Waals surface area contributed by atoms with E-state index in [0.717, 1.165) is 69.4 Å². The average molecular weight is 851 g/mol. The fourth-order valence-corrected chi connectivity index (χ4v) is 8.11. The van der Waals surface area contributed by atoms with E-state index < -0.39 is 10.1 Å². The molecule has 10 nitrogen and oxygen atoms in total. The largest absolute Gasteiger partial charge is 0.504 e. The van der Waals surface area contributed by atoms with E-state index in [9.17, 15) is 13.5 Å². The Hall–Kier alpha value is -5.57. The first kappa shape index (κ1) is 43.0. The number of rotatable bonds is 9. The van der Waals surface area contributed by atoms with Crippen molar-refractivity contribution in [2.24, 2.45) is 0 Å². The van der Waals surface area contributed by atoms with Gasteiger partial charge in [-0.15, -0.1) is 22.7 Å². The molecule has 1 atom stereocenters. The summed E-state index contributed by atoms with van der Waals surface area (Å²) in [5, 5.41) is 11.5. The van der Waals surface area contributed by atoms with Gasteiger partial charge in [0, 0.05) is 6.42 Å². The van der Waals surface area contributed by atoms with Gasteiger partial charge in [-0.3, -0.25) is 4.55 Å². The molecule has 1 aliphatic heterocycles. The molecular weight excluding hydrogens is 805 g/mol. The minimum absolute atomic E-state index is 0.0666. The molecule has 1 fully saturated rings. The van der Waals surface area contributed by atoms with E-state index in [2.05, 4.69) is 60.2 Å². The van der Waals surface area contributed by atoms with Crippen LogP contribution in [0.5, 0.6) is 23.0 Å². The Kier molecular flexibility index (Phi) is 14.5. The summed E-state index contributed by atoms with van der Waals surface area (Å²) in [5.74, 6) is 2.05. The van der Waals surface area contributed by atoms with E-state index in [-0.39, 0.29) is 16.9 Å². The van der Waals surface area contributed by atoms with E-state index in [0.29, 0.717) is 11.5 Å².